The third-order valence-corrected chi connectivity index (χ3v) is 2.56. The predicted molar refractivity (Wildman–Crippen MR) is 58.1 cm³/mol. The van der Waals surface area contributed by atoms with Crippen molar-refractivity contribution in [2.75, 3.05) is 25.1 Å². The summed E-state index contributed by atoms with van der Waals surface area (Å²) in [5.41, 5.74) is 5.12. The molecular formula is C8H17N3O2S. The first-order chi connectivity index (χ1) is 6.57. The third kappa shape index (κ3) is 6.73. The molecule has 1 atom stereocenters. The first-order valence-corrected chi connectivity index (χ1v) is 5.52. The van der Waals surface area contributed by atoms with Gasteiger partial charge in [-0.3, -0.25) is 9.59 Å². The number of nitrogens with one attached hydrogen (secondary N) is 2. The van der Waals surface area contributed by atoms with E-state index in [2.05, 4.69) is 10.6 Å². The van der Waals surface area contributed by atoms with Gasteiger partial charge in [0.25, 0.3) is 0 Å². The van der Waals surface area contributed by atoms with Crippen molar-refractivity contribution in [3.05, 3.63) is 0 Å². The summed E-state index contributed by atoms with van der Waals surface area (Å²) in [5, 5.41) is 5.49. The lowest BCUT2D eigenvalue weighted by atomic mass is 10.3. The van der Waals surface area contributed by atoms with Crippen molar-refractivity contribution in [2.45, 2.75) is 13.0 Å². The van der Waals surface area contributed by atoms with Crippen molar-refractivity contribution in [2.24, 2.45) is 5.73 Å². The van der Waals surface area contributed by atoms with Gasteiger partial charge in [-0.25, -0.2) is 0 Å². The largest absolute Gasteiger partial charge is 0.368 e. The zero-order valence-electron chi connectivity index (χ0n) is 8.50. The number of hydrogen-bond donors (Lipinski definition) is 3. The standard InChI is InChI=1S/C8H17N3O2S/c1-6(12)11-7(8(9)13)5-14-4-3-10-2/h7,10H,3-5H2,1-2H3,(H2,9,13)(H,11,12). The Hall–Kier alpha value is -0.750. The van der Waals surface area contributed by atoms with E-state index < -0.39 is 11.9 Å². The quantitative estimate of drug-likeness (QED) is 0.476. The van der Waals surface area contributed by atoms with Crippen molar-refractivity contribution < 1.29 is 9.59 Å². The summed E-state index contributed by atoms with van der Waals surface area (Å²) < 4.78 is 0. The van der Waals surface area contributed by atoms with Crippen molar-refractivity contribution in [1.82, 2.24) is 10.6 Å². The van der Waals surface area contributed by atoms with Crippen LogP contribution in [0.2, 0.25) is 0 Å². The van der Waals surface area contributed by atoms with Crippen molar-refractivity contribution >= 4 is 23.6 Å². The molecule has 0 aromatic heterocycles. The molecule has 0 heterocycles. The molecule has 0 aliphatic heterocycles. The molecule has 4 N–H and O–H groups in total. The first kappa shape index (κ1) is 13.2. The molecule has 0 aromatic rings. The molecule has 0 aliphatic carbocycles. The summed E-state index contributed by atoms with van der Waals surface area (Å²) in [7, 11) is 1.86. The molecule has 0 saturated heterocycles. The van der Waals surface area contributed by atoms with Gasteiger partial charge < -0.3 is 16.4 Å². The first-order valence-electron chi connectivity index (χ1n) is 4.36. The molecule has 0 fully saturated rings. The summed E-state index contributed by atoms with van der Waals surface area (Å²) in [4.78, 5) is 21.6. The Balaban J connectivity index is 3.74. The smallest absolute Gasteiger partial charge is 0.240 e. The van der Waals surface area contributed by atoms with Gasteiger partial charge >= 0.3 is 0 Å². The minimum absolute atomic E-state index is 0.233. The molecule has 0 spiro atoms. The van der Waals surface area contributed by atoms with Crippen LogP contribution in [-0.4, -0.2) is 43.0 Å². The van der Waals surface area contributed by atoms with Crippen LogP contribution in [0.15, 0.2) is 0 Å². The molecule has 5 nitrogen and oxygen atoms in total. The molecule has 0 saturated carbocycles. The summed E-state index contributed by atoms with van der Waals surface area (Å²) in [6.45, 7) is 2.24. The van der Waals surface area contributed by atoms with E-state index >= 15 is 0 Å². The van der Waals surface area contributed by atoms with Gasteiger partial charge in [-0.1, -0.05) is 0 Å². The Morgan fingerprint density at radius 1 is 1.50 bits per heavy atom. The molecule has 0 rings (SSSR count). The fourth-order valence-corrected chi connectivity index (χ4v) is 1.81. The zero-order valence-corrected chi connectivity index (χ0v) is 9.32. The van der Waals surface area contributed by atoms with E-state index in [9.17, 15) is 9.59 Å². The fourth-order valence-electron chi connectivity index (χ4n) is 0.816. The SMILES string of the molecule is CNCCSCC(NC(C)=O)C(N)=O. The molecule has 0 bridgehead atoms. The molecule has 1 unspecified atom stereocenters. The number of rotatable bonds is 7. The number of primary amides is 1. The Bertz CT molecular complexity index is 199. The third-order valence-electron chi connectivity index (χ3n) is 1.50. The van der Waals surface area contributed by atoms with E-state index in [-0.39, 0.29) is 5.91 Å². The molecule has 82 valence electrons. The average molecular weight is 219 g/mol. The van der Waals surface area contributed by atoms with Gasteiger partial charge in [0.15, 0.2) is 0 Å². The van der Waals surface area contributed by atoms with Gasteiger partial charge in [-0.15, -0.1) is 0 Å². The Labute approximate surface area is 88.2 Å². The molecule has 0 radical (unpaired) electrons. The molecule has 0 aliphatic rings. The van der Waals surface area contributed by atoms with Gasteiger partial charge in [0.05, 0.1) is 0 Å². The van der Waals surface area contributed by atoms with E-state index in [0.29, 0.717) is 5.75 Å². The van der Waals surface area contributed by atoms with Crippen LogP contribution in [0, 0.1) is 0 Å². The summed E-state index contributed by atoms with van der Waals surface area (Å²) >= 11 is 1.58. The van der Waals surface area contributed by atoms with E-state index in [1.807, 2.05) is 7.05 Å². The van der Waals surface area contributed by atoms with Crippen molar-refractivity contribution in [1.29, 1.82) is 0 Å². The second-order valence-corrected chi connectivity index (χ2v) is 3.98. The highest BCUT2D eigenvalue weighted by molar-refractivity contribution is 7.99. The van der Waals surface area contributed by atoms with Gasteiger partial charge in [0.2, 0.25) is 11.8 Å². The van der Waals surface area contributed by atoms with Gasteiger partial charge in [0, 0.05) is 25.0 Å². The van der Waals surface area contributed by atoms with E-state index in [1.54, 1.807) is 11.8 Å². The molecule has 0 aromatic carbocycles. The monoisotopic (exact) mass is 219 g/mol. The predicted octanol–water partition coefficient (Wildman–Crippen LogP) is -1.07. The number of amides is 2. The topological polar surface area (TPSA) is 84.2 Å². The van der Waals surface area contributed by atoms with Gasteiger partial charge in [0.1, 0.15) is 6.04 Å². The highest BCUT2D eigenvalue weighted by atomic mass is 32.2. The second-order valence-electron chi connectivity index (χ2n) is 2.83. The van der Waals surface area contributed by atoms with E-state index in [4.69, 9.17) is 5.73 Å². The average Bonchev–Trinajstić information content (AvgIpc) is 2.09. The normalized spacial score (nSPS) is 12.1. The lowest BCUT2D eigenvalue weighted by molar-refractivity contribution is -0.125. The lowest BCUT2D eigenvalue weighted by Gasteiger charge is -2.13. The van der Waals surface area contributed by atoms with Crippen LogP contribution < -0.4 is 16.4 Å². The van der Waals surface area contributed by atoms with Crippen LogP contribution >= 0.6 is 11.8 Å². The maximum absolute atomic E-state index is 10.9. The van der Waals surface area contributed by atoms with Crippen LogP contribution in [0.5, 0.6) is 0 Å². The minimum Gasteiger partial charge on any atom is -0.368 e. The minimum atomic E-state index is -0.561. The zero-order chi connectivity index (χ0) is 11.0. The van der Waals surface area contributed by atoms with Gasteiger partial charge in [-0.2, -0.15) is 11.8 Å². The second kappa shape index (κ2) is 7.64. The molecule has 14 heavy (non-hydrogen) atoms. The van der Waals surface area contributed by atoms with Crippen molar-refractivity contribution in [3.63, 3.8) is 0 Å². The number of nitrogens with two attached hydrogens (primary N) is 1. The van der Waals surface area contributed by atoms with Crippen LogP contribution in [-0.2, 0) is 9.59 Å². The van der Waals surface area contributed by atoms with Crippen molar-refractivity contribution in [3.8, 4) is 0 Å². The number of hydrogen-bond acceptors (Lipinski definition) is 4. The Morgan fingerprint density at radius 3 is 2.57 bits per heavy atom. The van der Waals surface area contributed by atoms with E-state index in [1.165, 1.54) is 6.92 Å². The Morgan fingerprint density at radius 2 is 2.14 bits per heavy atom. The molecule has 6 heteroatoms. The van der Waals surface area contributed by atoms with Crippen LogP contribution in [0.3, 0.4) is 0 Å². The van der Waals surface area contributed by atoms with E-state index in [0.717, 1.165) is 12.3 Å². The maximum atomic E-state index is 10.9. The fraction of sp³-hybridized carbons (Fsp3) is 0.750. The molecule has 2 amide bonds. The summed E-state index contributed by atoms with van der Waals surface area (Å²) in [5.74, 6) is 0.691. The highest BCUT2D eigenvalue weighted by Gasteiger charge is 2.15. The number of carbonyl (C=O) groups is 2. The number of carbonyl (C=O) groups excluding carboxylic acids is 2. The van der Waals surface area contributed by atoms with Crippen LogP contribution in [0.4, 0.5) is 0 Å². The summed E-state index contributed by atoms with van der Waals surface area (Å²) in [6.07, 6.45) is 0. The number of thioether (sulfide) groups is 1. The van der Waals surface area contributed by atoms with Gasteiger partial charge in [-0.05, 0) is 7.05 Å². The molecular weight excluding hydrogens is 202 g/mol. The maximum Gasteiger partial charge on any atom is 0.240 e. The lowest BCUT2D eigenvalue weighted by Crippen LogP contribution is -2.45. The highest BCUT2D eigenvalue weighted by Crippen LogP contribution is 2.01. The summed E-state index contributed by atoms with van der Waals surface area (Å²) in [6, 6.07) is -0.561. The van der Waals surface area contributed by atoms with Crippen LogP contribution in [0.1, 0.15) is 6.92 Å². The Kier molecular flexibility index (Phi) is 7.23. The van der Waals surface area contributed by atoms with Crippen LogP contribution in [0.25, 0.3) is 0 Å².